The zero-order valence-electron chi connectivity index (χ0n) is 18.5. The molecule has 4 rings (SSSR count). The molecule has 0 saturated heterocycles. The number of ether oxygens (including phenoxy) is 1. The van der Waals surface area contributed by atoms with Crippen LogP contribution in [0.2, 0.25) is 0 Å². The smallest absolute Gasteiger partial charge is 0.252 e. The van der Waals surface area contributed by atoms with Crippen LogP contribution in [-0.2, 0) is 4.79 Å². The molecule has 32 heavy (non-hydrogen) atoms. The second kappa shape index (κ2) is 10.1. The van der Waals surface area contributed by atoms with E-state index >= 15 is 0 Å². The summed E-state index contributed by atoms with van der Waals surface area (Å²) in [6.45, 7) is 1.90. The number of methoxy groups -OCH3 is 1. The fourth-order valence-corrected chi connectivity index (χ4v) is 5.16. The summed E-state index contributed by atoms with van der Waals surface area (Å²) < 4.78 is 6.98. The average Bonchev–Trinajstić information content (AvgIpc) is 3.31. The molecule has 1 fully saturated rings. The number of rotatable bonds is 7. The van der Waals surface area contributed by atoms with E-state index in [-0.39, 0.29) is 11.5 Å². The Bertz CT molecular complexity index is 1120. The second-order valence-corrected chi connectivity index (χ2v) is 9.30. The lowest BCUT2D eigenvalue weighted by molar-refractivity contribution is -0.120. The van der Waals surface area contributed by atoms with E-state index in [2.05, 4.69) is 10.3 Å². The molecule has 168 valence electrons. The Hall–Kier alpha value is -2.93. The average molecular weight is 452 g/mol. The number of benzene rings is 1. The van der Waals surface area contributed by atoms with Crippen LogP contribution in [-0.4, -0.2) is 22.6 Å². The highest BCUT2D eigenvalue weighted by atomic mass is 32.1. The summed E-state index contributed by atoms with van der Waals surface area (Å²) in [4.78, 5) is 30.8. The summed E-state index contributed by atoms with van der Waals surface area (Å²) in [6, 6.07) is 10.7. The van der Waals surface area contributed by atoms with Crippen LogP contribution >= 0.6 is 11.3 Å². The van der Waals surface area contributed by atoms with Crippen LogP contribution in [0.25, 0.3) is 11.1 Å². The van der Waals surface area contributed by atoms with Gasteiger partial charge in [-0.2, -0.15) is 0 Å². The van der Waals surface area contributed by atoms with Gasteiger partial charge >= 0.3 is 0 Å². The number of amides is 1. The third kappa shape index (κ3) is 5.10. The number of carbonyl (C=O) groups excluding carboxylic acids is 1. The number of thiazole rings is 1. The molecule has 1 unspecified atom stereocenters. The van der Waals surface area contributed by atoms with Crippen molar-refractivity contribution in [2.75, 3.05) is 12.4 Å². The first-order chi connectivity index (χ1) is 15.5. The highest BCUT2D eigenvalue weighted by Crippen LogP contribution is 2.32. The van der Waals surface area contributed by atoms with Crippen molar-refractivity contribution in [1.29, 1.82) is 0 Å². The number of aromatic nitrogens is 2. The van der Waals surface area contributed by atoms with Gasteiger partial charge in [-0.25, -0.2) is 4.98 Å². The topological polar surface area (TPSA) is 73.2 Å². The van der Waals surface area contributed by atoms with E-state index in [1.807, 2.05) is 42.6 Å². The molecule has 0 aliphatic heterocycles. The summed E-state index contributed by atoms with van der Waals surface area (Å²) in [7, 11) is 1.62. The molecule has 2 aromatic heterocycles. The fraction of sp³-hybridized carbons (Fsp3) is 0.400. The zero-order valence-corrected chi connectivity index (χ0v) is 19.4. The predicted molar refractivity (Wildman–Crippen MR) is 128 cm³/mol. The lowest BCUT2D eigenvalue weighted by Crippen LogP contribution is -2.36. The normalized spacial score (nSPS) is 15.3. The first-order valence-corrected chi connectivity index (χ1v) is 12.0. The van der Waals surface area contributed by atoms with Crippen LogP contribution in [0.4, 0.5) is 5.13 Å². The third-order valence-corrected chi connectivity index (χ3v) is 6.91. The lowest BCUT2D eigenvalue weighted by atomic mass is 9.84. The van der Waals surface area contributed by atoms with E-state index in [1.165, 1.54) is 30.6 Å². The molecule has 1 saturated carbocycles. The van der Waals surface area contributed by atoms with Gasteiger partial charge in [-0.15, -0.1) is 11.3 Å². The number of aryl methyl sites for hydroxylation is 1. The summed E-state index contributed by atoms with van der Waals surface area (Å²) in [5.74, 6) is 1.01. The van der Waals surface area contributed by atoms with Crippen molar-refractivity contribution < 1.29 is 9.53 Å². The summed E-state index contributed by atoms with van der Waals surface area (Å²) in [6.07, 6.45) is 8.17. The number of nitrogens with one attached hydrogen (secondary N) is 1. The molecule has 2 heterocycles. The molecule has 1 N–H and O–H groups in total. The van der Waals surface area contributed by atoms with E-state index in [9.17, 15) is 9.59 Å². The molecule has 0 bridgehead atoms. The molecule has 0 spiro atoms. The Morgan fingerprint density at radius 2 is 2.03 bits per heavy atom. The molecule has 7 heteroatoms. The van der Waals surface area contributed by atoms with Gasteiger partial charge in [-0.1, -0.05) is 44.2 Å². The Morgan fingerprint density at radius 3 is 2.72 bits per heavy atom. The van der Waals surface area contributed by atoms with Crippen molar-refractivity contribution in [2.24, 2.45) is 5.92 Å². The van der Waals surface area contributed by atoms with Gasteiger partial charge in [-0.3, -0.25) is 9.59 Å². The Labute approximate surface area is 192 Å². The maximum absolute atomic E-state index is 13.3. The molecule has 0 radical (unpaired) electrons. The van der Waals surface area contributed by atoms with Crippen molar-refractivity contribution in [3.05, 3.63) is 64.0 Å². The minimum atomic E-state index is -0.561. The second-order valence-electron chi connectivity index (χ2n) is 8.41. The first-order valence-electron chi connectivity index (χ1n) is 11.1. The number of hydrogen-bond donors (Lipinski definition) is 1. The van der Waals surface area contributed by atoms with Crippen molar-refractivity contribution in [2.45, 2.75) is 51.5 Å². The van der Waals surface area contributed by atoms with Crippen LogP contribution in [0.15, 0.2) is 52.8 Å². The molecular weight excluding hydrogens is 422 g/mol. The highest BCUT2D eigenvalue weighted by molar-refractivity contribution is 7.13. The van der Waals surface area contributed by atoms with Gasteiger partial charge in [0, 0.05) is 23.3 Å². The zero-order chi connectivity index (χ0) is 22.5. The van der Waals surface area contributed by atoms with Crippen LogP contribution in [0.5, 0.6) is 5.75 Å². The molecule has 1 atom stereocenters. The fourth-order valence-electron chi connectivity index (χ4n) is 4.62. The van der Waals surface area contributed by atoms with Crippen molar-refractivity contribution in [3.8, 4) is 16.9 Å². The Kier molecular flexibility index (Phi) is 7.05. The van der Waals surface area contributed by atoms with Gasteiger partial charge in [0.2, 0.25) is 5.91 Å². The number of hydrogen-bond acceptors (Lipinski definition) is 5. The largest absolute Gasteiger partial charge is 0.497 e. The van der Waals surface area contributed by atoms with Gasteiger partial charge in [0.1, 0.15) is 11.8 Å². The number of carbonyl (C=O) groups is 1. The van der Waals surface area contributed by atoms with E-state index < -0.39 is 6.04 Å². The molecule has 1 aliphatic rings. The number of pyridine rings is 1. The van der Waals surface area contributed by atoms with Crippen molar-refractivity contribution in [1.82, 2.24) is 9.55 Å². The number of anilines is 1. The van der Waals surface area contributed by atoms with Gasteiger partial charge in [-0.05, 0) is 48.6 Å². The van der Waals surface area contributed by atoms with Crippen LogP contribution in [0.3, 0.4) is 0 Å². The van der Waals surface area contributed by atoms with Gasteiger partial charge in [0.05, 0.1) is 7.11 Å². The molecule has 1 aliphatic carbocycles. The molecular formula is C25H29N3O3S. The Balaban J connectivity index is 1.68. The minimum absolute atomic E-state index is 0.169. The maximum Gasteiger partial charge on any atom is 0.252 e. The monoisotopic (exact) mass is 451 g/mol. The van der Waals surface area contributed by atoms with Crippen LogP contribution in [0, 0.1) is 12.8 Å². The minimum Gasteiger partial charge on any atom is -0.497 e. The predicted octanol–water partition coefficient (Wildman–Crippen LogP) is 5.44. The Morgan fingerprint density at radius 1 is 1.22 bits per heavy atom. The quantitative estimate of drug-likeness (QED) is 0.519. The number of nitrogens with zero attached hydrogens (tertiary/aromatic N) is 2. The van der Waals surface area contributed by atoms with Crippen molar-refractivity contribution >= 4 is 22.4 Å². The molecule has 1 aromatic carbocycles. The molecule has 3 aromatic rings. The van der Waals surface area contributed by atoms with Gasteiger partial charge in [0.25, 0.3) is 5.56 Å². The summed E-state index contributed by atoms with van der Waals surface area (Å²) in [5.41, 5.74) is 2.33. The third-order valence-electron chi connectivity index (χ3n) is 6.22. The van der Waals surface area contributed by atoms with E-state index in [1.54, 1.807) is 23.9 Å². The van der Waals surface area contributed by atoms with Gasteiger partial charge in [0.15, 0.2) is 5.13 Å². The molecule has 6 nitrogen and oxygen atoms in total. The van der Waals surface area contributed by atoms with E-state index in [4.69, 9.17) is 4.74 Å². The van der Waals surface area contributed by atoms with Crippen LogP contribution < -0.4 is 15.6 Å². The highest BCUT2D eigenvalue weighted by Gasteiger charge is 2.28. The van der Waals surface area contributed by atoms with Crippen molar-refractivity contribution in [3.63, 3.8) is 0 Å². The lowest BCUT2D eigenvalue weighted by Gasteiger charge is -2.28. The van der Waals surface area contributed by atoms with Crippen LogP contribution in [0.1, 0.15) is 50.3 Å². The van der Waals surface area contributed by atoms with Gasteiger partial charge < -0.3 is 14.6 Å². The summed E-state index contributed by atoms with van der Waals surface area (Å²) >= 11 is 1.38. The SMILES string of the molecule is COc1cccc(-c2cc(C)n(C(CC3CCCCC3)C(=O)Nc3nccs3)c(=O)c2)c1. The maximum atomic E-state index is 13.3. The first kappa shape index (κ1) is 22.3. The summed E-state index contributed by atoms with van der Waals surface area (Å²) in [5, 5.41) is 5.30. The standard InChI is InChI=1S/C25H29N3O3S/c1-17-13-20(19-9-6-10-21(15-19)31-2)16-23(29)28(17)22(14-18-7-4-3-5-8-18)24(30)27-25-26-11-12-32-25/h6,9-13,15-16,18,22H,3-5,7-8,14H2,1-2H3,(H,26,27,30). The van der Waals surface area contributed by atoms with E-state index in [0.29, 0.717) is 17.5 Å². The molecule has 1 amide bonds. The van der Waals surface area contributed by atoms with E-state index in [0.717, 1.165) is 35.4 Å².